The van der Waals surface area contributed by atoms with Crippen LogP contribution in [0.15, 0.2) is 53.4 Å². The lowest BCUT2D eigenvalue weighted by molar-refractivity contribution is 0.584. The van der Waals surface area contributed by atoms with E-state index in [0.29, 0.717) is 13.1 Å². The molecule has 0 aliphatic heterocycles. The summed E-state index contributed by atoms with van der Waals surface area (Å²) in [5.41, 5.74) is 1.59. The molecule has 0 heterocycles. The molecular formula is C15H17FN2O2S. The molecule has 0 unspecified atom stereocenters. The van der Waals surface area contributed by atoms with E-state index in [2.05, 4.69) is 10.0 Å². The van der Waals surface area contributed by atoms with Crippen molar-refractivity contribution in [3.05, 3.63) is 59.9 Å². The Hall–Kier alpha value is -1.92. The Bertz CT molecular complexity index is 700. The van der Waals surface area contributed by atoms with Crippen LogP contribution in [0.5, 0.6) is 0 Å². The van der Waals surface area contributed by atoms with Crippen LogP contribution in [0, 0.1) is 5.82 Å². The van der Waals surface area contributed by atoms with Crippen molar-refractivity contribution < 1.29 is 12.8 Å². The number of anilines is 1. The Morgan fingerprint density at radius 3 is 2.43 bits per heavy atom. The summed E-state index contributed by atoms with van der Waals surface area (Å²) in [5.74, 6) is -0.276. The normalized spacial score (nSPS) is 11.3. The van der Waals surface area contributed by atoms with Gasteiger partial charge in [-0.15, -0.1) is 0 Å². The number of rotatable bonds is 6. The molecule has 0 fully saturated rings. The minimum atomic E-state index is -3.43. The highest BCUT2D eigenvalue weighted by molar-refractivity contribution is 7.89. The zero-order valence-electron chi connectivity index (χ0n) is 11.6. The molecule has 2 aromatic carbocycles. The van der Waals surface area contributed by atoms with Crippen LogP contribution in [0.2, 0.25) is 0 Å². The Balaban J connectivity index is 2.03. The average Bonchev–Trinajstić information content (AvgIpc) is 2.46. The van der Waals surface area contributed by atoms with Crippen molar-refractivity contribution in [3.63, 3.8) is 0 Å². The van der Waals surface area contributed by atoms with Crippen LogP contribution in [-0.4, -0.2) is 15.0 Å². The number of sulfonamides is 1. The fraction of sp³-hybridized carbons (Fsp3) is 0.200. The summed E-state index contributed by atoms with van der Waals surface area (Å²) >= 11 is 0. The fourth-order valence-electron chi connectivity index (χ4n) is 1.88. The lowest BCUT2D eigenvalue weighted by Gasteiger charge is -2.08. The molecule has 2 N–H and O–H groups in total. The van der Waals surface area contributed by atoms with Crippen molar-refractivity contribution in [1.29, 1.82) is 0 Å². The van der Waals surface area contributed by atoms with E-state index in [9.17, 15) is 12.8 Å². The number of hydrogen-bond acceptors (Lipinski definition) is 3. The molecule has 0 saturated heterocycles. The molecule has 6 heteroatoms. The summed E-state index contributed by atoms with van der Waals surface area (Å²) in [6.45, 7) is 2.55. The van der Waals surface area contributed by atoms with Crippen LogP contribution < -0.4 is 10.0 Å². The maximum absolute atomic E-state index is 13.0. The summed E-state index contributed by atoms with van der Waals surface area (Å²) in [7, 11) is -3.43. The van der Waals surface area contributed by atoms with Crippen LogP contribution in [0.3, 0.4) is 0 Å². The second kappa shape index (κ2) is 6.69. The summed E-state index contributed by atoms with van der Waals surface area (Å²) < 4.78 is 39.1. The van der Waals surface area contributed by atoms with Gasteiger partial charge in [0.05, 0.1) is 4.90 Å². The zero-order valence-corrected chi connectivity index (χ0v) is 12.5. The van der Waals surface area contributed by atoms with Gasteiger partial charge in [-0.25, -0.2) is 17.5 Å². The molecule has 2 aromatic rings. The predicted octanol–water partition coefficient (Wildman–Crippen LogP) is 2.74. The van der Waals surface area contributed by atoms with Crippen LogP contribution in [-0.2, 0) is 16.6 Å². The third-order valence-corrected chi connectivity index (χ3v) is 4.45. The molecule has 0 spiro atoms. The minimum absolute atomic E-state index is 0.223. The van der Waals surface area contributed by atoms with Gasteiger partial charge in [0.25, 0.3) is 0 Å². The Morgan fingerprint density at radius 2 is 1.81 bits per heavy atom. The van der Waals surface area contributed by atoms with E-state index >= 15 is 0 Å². The standard InChI is InChI=1S/C15H17FN2O2S/c1-2-18-21(19,20)15-8-6-14(7-9-15)17-11-12-4-3-5-13(16)10-12/h3-10,17-18H,2,11H2,1H3. The summed E-state index contributed by atoms with van der Waals surface area (Å²) in [6.07, 6.45) is 0. The number of nitrogens with one attached hydrogen (secondary N) is 2. The summed E-state index contributed by atoms with van der Waals surface area (Å²) in [5, 5.41) is 3.12. The molecule has 4 nitrogen and oxygen atoms in total. The van der Waals surface area contributed by atoms with E-state index < -0.39 is 10.0 Å². The van der Waals surface area contributed by atoms with Crippen molar-refractivity contribution in [2.75, 3.05) is 11.9 Å². The second-order valence-electron chi connectivity index (χ2n) is 4.51. The monoisotopic (exact) mass is 308 g/mol. The molecule has 0 bridgehead atoms. The van der Waals surface area contributed by atoms with E-state index in [-0.39, 0.29) is 10.7 Å². The molecule has 0 amide bonds. The first-order valence-corrected chi connectivity index (χ1v) is 8.07. The average molecular weight is 308 g/mol. The quantitative estimate of drug-likeness (QED) is 0.862. The van der Waals surface area contributed by atoms with Crippen molar-refractivity contribution in [3.8, 4) is 0 Å². The Labute approximate surface area is 124 Å². The van der Waals surface area contributed by atoms with Crippen LogP contribution in [0.4, 0.5) is 10.1 Å². The lowest BCUT2D eigenvalue weighted by Crippen LogP contribution is -2.23. The first kappa shape index (κ1) is 15.5. The highest BCUT2D eigenvalue weighted by atomic mass is 32.2. The topological polar surface area (TPSA) is 58.2 Å². The third kappa shape index (κ3) is 4.27. The SMILES string of the molecule is CCNS(=O)(=O)c1ccc(NCc2cccc(F)c2)cc1. The van der Waals surface area contributed by atoms with Gasteiger partial charge in [-0.1, -0.05) is 19.1 Å². The molecule has 0 aliphatic carbocycles. The molecule has 0 aliphatic rings. The first-order valence-electron chi connectivity index (χ1n) is 6.59. The fourth-order valence-corrected chi connectivity index (χ4v) is 2.92. The molecule has 0 atom stereocenters. The van der Waals surface area contributed by atoms with Gasteiger partial charge in [0, 0.05) is 18.8 Å². The van der Waals surface area contributed by atoms with E-state index in [1.54, 1.807) is 25.1 Å². The molecule has 2 rings (SSSR count). The van der Waals surface area contributed by atoms with Gasteiger partial charge in [0.15, 0.2) is 0 Å². The van der Waals surface area contributed by atoms with Gasteiger partial charge >= 0.3 is 0 Å². The molecule has 0 saturated carbocycles. The highest BCUT2D eigenvalue weighted by Gasteiger charge is 2.11. The third-order valence-electron chi connectivity index (χ3n) is 2.88. The van der Waals surface area contributed by atoms with Crippen molar-refractivity contribution >= 4 is 15.7 Å². The molecule has 0 radical (unpaired) electrons. The van der Waals surface area contributed by atoms with E-state index in [1.165, 1.54) is 24.3 Å². The van der Waals surface area contributed by atoms with Crippen molar-refractivity contribution in [2.45, 2.75) is 18.4 Å². The van der Waals surface area contributed by atoms with Crippen LogP contribution in [0.25, 0.3) is 0 Å². The number of benzene rings is 2. The second-order valence-corrected chi connectivity index (χ2v) is 6.28. The van der Waals surface area contributed by atoms with Gasteiger partial charge in [-0.3, -0.25) is 0 Å². The number of hydrogen-bond donors (Lipinski definition) is 2. The molecule has 112 valence electrons. The van der Waals surface area contributed by atoms with Crippen molar-refractivity contribution in [2.24, 2.45) is 0 Å². The molecule has 0 aromatic heterocycles. The van der Waals surface area contributed by atoms with Crippen LogP contribution in [0.1, 0.15) is 12.5 Å². The van der Waals surface area contributed by atoms with Gasteiger partial charge in [-0.2, -0.15) is 0 Å². The summed E-state index contributed by atoms with van der Waals surface area (Å²) in [4.78, 5) is 0.223. The number of halogens is 1. The maximum Gasteiger partial charge on any atom is 0.240 e. The maximum atomic E-state index is 13.0. The smallest absolute Gasteiger partial charge is 0.240 e. The predicted molar refractivity (Wildman–Crippen MR) is 81.0 cm³/mol. The zero-order chi connectivity index (χ0) is 15.3. The van der Waals surface area contributed by atoms with Crippen molar-refractivity contribution in [1.82, 2.24) is 4.72 Å². The molecular weight excluding hydrogens is 291 g/mol. The highest BCUT2D eigenvalue weighted by Crippen LogP contribution is 2.15. The molecule has 21 heavy (non-hydrogen) atoms. The largest absolute Gasteiger partial charge is 0.381 e. The lowest BCUT2D eigenvalue weighted by atomic mass is 10.2. The van der Waals surface area contributed by atoms with Gasteiger partial charge in [0.2, 0.25) is 10.0 Å². The van der Waals surface area contributed by atoms with E-state index in [1.807, 2.05) is 6.07 Å². The Kier molecular flexibility index (Phi) is 4.93. The van der Waals surface area contributed by atoms with Gasteiger partial charge in [0.1, 0.15) is 5.82 Å². The van der Waals surface area contributed by atoms with E-state index in [0.717, 1.165) is 11.3 Å². The van der Waals surface area contributed by atoms with Gasteiger partial charge in [-0.05, 0) is 42.0 Å². The van der Waals surface area contributed by atoms with Gasteiger partial charge < -0.3 is 5.32 Å². The van der Waals surface area contributed by atoms with E-state index in [4.69, 9.17) is 0 Å². The summed E-state index contributed by atoms with van der Waals surface area (Å²) in [6, 6.07) is 12.8. The minimum Gasteiger partial charge on any atom is -0.381 e. The van der Waals surface area contributed by atoms with Crippen LogP contribution >= 0.6 is 0 Å². The first-order chi connectivity index (χ1) is 10.0. The Morgan fingerprint density at radius 1 is 1.10 bits per heavy atom.